The van der Waals surface area contributed by atoms with Crippen LogP contribution in [0.3, 0.4) is 0 Å². The summed E-state index contributed by atoms with van der Waals surface area (Å²) in [6.45, 7) is 6.97. The molecule has 0 spiro atoms. The summed E-state index contributed by atoms with van der Waals surface area (Å²) in [5.74, 6) is -0.128. The molecule has 3 rings (SSSR count). The van der Waals surface area contributed by atoms with E-state index >= 15 is 0 Å². The molecular weight excluding hydrogens is 511 g/mol. The van der Waals surface area contributed by atoms with Crippen molar-refractivity contribution in [2.45, 2.75) is 72.6 Å². The summed E-state index contributed by atoms with van der Waals surface area (Å²) in [5, 5.41) is 4.98. The molecular formula is C29H40N2OSn. The van der Waals surface area contributed by atoms with Crippen molar-refractivity contribution in [3.05, 3.63) is 60.3 Å². The van der Waals surface area contributed by atoms with E-state index in [4.69, 9.17) is 4.98 Å². The molecule has 0 aliphatic heterocycles. The number of aromatic nitrogens is 1. The first-order chi connectivity index (χ1) is 16.1. The first kappa shape index (κ1) is 25.7. The van der Waals surface area contributed by atoms with E-state index in [9.17, 15) is 4.79 Å². The standard InChI is InChI=1S/C17H13N2O.3C4H9.Sn/c1-18-17(20)15-11-13-9-5-6-10-14(13)16(19-15)12-7-3-2-4-8-12;3*1-3-4-2;/h2-7,9-11H,1H3,(H,18,20);3*1,3-4H2,2H3;. The van der Waals surface area contributed by atoms with Crippen LogP contribution in [0.15, 0.2) is 54.6 Å². The molecule has 1 amide bonds. The Balaban J connectivity index is 2.28. The third kappa shape index (κ3) is 5.98. The number of hydrogen-bond acceptors (Lipinski definition) is 2. The zero-order valence-electron chi connectivity index (χ0n) is 20.9. The predicted molar refractivity (Wildman–Crippen MR) is 145 cm³/mol. The van der Waals surface area contributed by atoms with Crippen molar-refractivity contribution in [1.82, 2.24) is 10.3 Å². The van der Waals surface area contributed by atoms with Crippen LogP contribution in [0.4, 0.5) is 0 Å². The first-order valence-electron chi connectivity index (χ1n) is 12.8. The minimum atomic E-state index is -2.71. The molecule has 0 aliphatic rings. The van der Waals surface area contributed by atoms with Crippen LogP contribution in [0.5, 0.6) is 0 Å². The van der Waals surface area contributed by atoms with Gasteiger partial charge in [0, 0.05) is 0 Å². The third-order valence-electron chi connectivity index (χ3n) is 6.98. The number of unbranched alkanes of at least 4 members (excludes halogenated alkanes) is 3. The van der Waals surface area contributed by atoms with Crippen molar-refractivity contribution < 1.29 is 4.79 Å². The van der Waals surface area contributed by atoms with E-state index in [0.29, 0.717) is 5.69 Å². The quantitative estimate of drug-likeness (QED) is 0.240. The van der Waals surface area contributed by atoms with Crippen molar-refractivity contribution in [2.75, 3.05) is 7.05 Å². The second-order valence-corrected chi connectivity index (χ2v) is 22.4. The second kappa shape index (κ2) is 12.5. The molecule has 0 saturated heterocycles. The Kier molecular flexibility index (Phi) is 9.78. The van der Waals surface area contributed by atoms with Gasteiger partial charge in [-0.2, -0.15) is 0 Å². The number of pyridine rings is 1. The molecule has 0 unspecified atom stereocenters. The number of carbonyl (C=O) groups excluding carboxylic acids is 1. The topological polar surface area (TPSA) is 42.0 Å². The Bertz CT molecular complexity index is 1040. The number of nitrogens with zero attached hydrogens (tertiary/aromatic N) is 1. The van der Waals surface area contributed by atoms with Crippen LogP contribution in [0, 0.1) is 0 Å². The van der Waals surface area contributed by atoms with Crippen LogP contribution in [0.1, 0.15) is 69.8 Å². The van der Waals surface area contributed by atoms with Gasteiger partial charge in [0.05, 0.1) is 0 Å². The average molecular weight is 551 g/mol. The van der Waals surface area contributed by atoms with Gasteiger partial charge in [-0.05, 0) is 0 Å². The fraction of sp³-hybridized carbons (Fsp3) is 0.448. The molecule has 0 atom stereocenters. The van der Waals surface area contributed by atoms with E-state index in [0.717, 1.165) is 16.5 Å². The van der Waals surface area contributed by atoms with E-state index in [1.165, 1.54) is 57.4 Å². The number of amides is 1. The fourth-order valence-electron chi connectivity index (χ4n) is 5.13. The van der Waals surface area contributed by atoms with Gasteiger partial charge in [-0.25, -0.2) is 0 Å². The Morgan fingerprint density at radius 1 is 0.848 bits per heavy atom. The first-order valence-corrected chi connectivity index (χ1v) is 20.3. The molecule has 1 N–H and O–H groups in total. The third-order valence-corrected chi connectivity index (χ3v) is 22.7. The van der Waals surface area contributed by atoms with Gasteiger partial charge in [-0.3, -0.25) is 0 Å². The SMILES string of the molecule is CCC[CH2][Sn]([CH2]CCC)([CH2]CCC)[c]1ccccc1-c1nc(C(=O)NC)cc2ccccc12. The number of hydrogen-bond donors (Lipinski definition) is 1. The molecule has 1 aromatic heterocycles. The zero-order chi connectivity index (χ0) is 23.7. The van der Waals surface area contributed by atoms with Gasteiger partial charge in [0.15, 0.2) is 0 Å². The molecule has 0 radical (unpaired) electrons. The maximum absolute atomic E-state index is 12.6. The molecule has 0 bridgehead atoms. The molecule has 0 saturated carbocycles. The molecule has 33 heavy (non-hydrogen) atoms. The number of fused-ring (bicyclic) bond motifs is 1. The van der Waals surface area contributed by atoms with Crippen LogP contribution in [-0.4, -0.2) is 36.3 Å². The van der Waals surface area contributed by atoms with Gasteiger partial charge >= 0.3 is 205 Å². The predicted octanol–water partition coefficient (Wildman–Crippen LogP) is 7.32. The summed E-state index contributed by atoms with van der Waals surface area (Å²) in [4.78, 5) is 17.6. The molecule has 4 heteroatoms. The van der Waals surface area contributed by atoms with Crippen LogP contribution >= 0.6 is 0 Å². The number of benzene rings is 2. The molecule has 3 nitrogen and oxygen atoms in total. The minimum absolute atomic E-state index is 0.128. The van der Waals surface area contributed by atoms with Crippen LogP contribution < -0.4 is 8.90 Å². The Hall–Kier alpha value is -1.88. The van der Waals surface area contributed by atoms with Gasteiger partial charge in [0.1, 0.15) is 0 Å². The summed E-state index contributed by atoms with van der Waals surface area (Å²) in [5.41, 5.74) is 2.75. The molecule has 0 fully saturated rings. The van der Waals surface area contributed by atoms with E-state index in [1.807, 2.05) is 12.1 Å². The van der Waals surface area contributed by atoms with Gasteiger partial charge in [0.2, 0.25) is 0 Å². The van der Waals surface area contributed by atoms with E-state index in [-0.39, 0.29) is 5.91 Å². The van der Waals surface area contributed by atoms with Crippen molar-refractivity contribution in [2.24, 2.45) is 0 Å². The van der Waals surface area contributed by atoms with Gasteiger partial charge in [-0.15, -0.1) is 0 Å². The summed E-state index contributed by atoms with van der Waals surface area (Å²) < 4.78 is 5.86. The molecule has 0 aliphatic carbocycles. The zero-order valence-corrected chi connectivity index (χ0v) is 23.8. The monoisotopic (exact) mass is 552 g/mol. The molecule has 2 aromatic carbocycles. The Morgan fingerprint density at radius 3 is 2.03 bits per heavy atom. The van der Waals surface area contributed by atoms with Gasteiger partial charge in [-0.1, -0.05) is 0 Å². The van der Waals surface area contributed by atoms with E-state index < -0.39 is 18.4 Å². The van der Waals surface area contributed by atoms with Gasteiger partial charge < -0.3 is 0 Å². The fourth-order valence-corrected chi connectivity index (χ4v) is 21.9. The summed E-state index contributed by atoms with van der Waals surface area (Å²) in [6, 6.07) is 19.4. The maximum atomic E-state index is 12.6. The summed E-state index contributed by atoms with van der Waals surface area (Å²) in [7, 11) is 1.68. The van der Waals surface area contributed by atoms with Crippen LogP contribution in [0.25, 0.3) is 22.0 Å². The summed E-state index contributed by atoms with van der Waals surface area (Å²) in [6.07, 6.45) is 7.74. The number of carbonyl (C=O) groups is 1. The van der Waals surface area contributed by atoms with E-state index in [2.05, 4.69) is 68.6 Å². The molecule has 3 aromatic rings. The normalized spacial score (nSPS) is 11.6. The van der Waals surface area contributed by atoms with Crippen molar-refractivity contribution >= 4 is 38.6 Å². The van der Waals surface area contributed by atoms with Crippen LogP contribution in [-0.2, 0) is 0 Å². The average Bonchev–Trinajstić information content (AvgIpc) is 2.87. The van der Waals surface area contributed by atoms with Crippen molar-refractivity contribution in [1.29, 1.82) is 0 Å². The molecule has 176 valence electrons. The number of nitrogens with one attached hydrogen (secondary N) is 1. The summed E-state index contributed by atoms with van der Waals surface area (Å²) >= 11 is -2.71. The number of rotatable bonds is 12. The molecule has 1 heterocycles. The van der Waals surface area contributed by atoms with Crippen LogP contribution in [0.2, 0.25) is 13.3 Å². The van der Waals surface area contributed by atoms with Gasteiger partial charge in [0.25, 0.3) is 0 Å². The Labute approximate surface area is 204 Å². The Morgan fingerprint density at radius 2 is 1.42 bits per heavy atom. The second-order valence-electron chi connectivity index (χ2n) is 9.29. The van der Waals surface area contributed by atoms with E-state index in [1.54, 1.807) is 10.6 Å². The van der Waals surface area contributed by atoms with Crippen molar-refractivity contribution in [3.63, 3.8) is 0 Å². The van der Waals surface area contributed by atoms with Crippen molar-refractivity contribution in [3.8, 4) is 11.3 Å².